The minimum absolute atomic E-state index is 0.157. The Hall–Kier alpha value is -1.73. The van der Waals surface area contributed by atoms with E-state index in [2.05, 4.69) is 0 Å². The smallest absolute Gasteiger partial charge is 0.416 e. The Kier molecular flexibility index (Phi) is 6.16. The van der Waals surface area contributed by atoms with Gasteiger partial charge < -0.3 is 4.74 Å². The second kappa shape index (κ2) is 7.72. The van der Waals surface area contributed by atoms with E-state index in [9.17, 15) is 22.8 Å². The number of thioether (sulfide) groups is 1. The first-order valence-corrected chi connectivity index (χ1v) is 9.33. The number of esters is 1. The Labute approximate surface area is 164 Å². The molecule has 0 N–H and O–H groups in total. The maximum atomic E-state index is 12.8. The molecule has 0 saturated heterocycles. The fourth-order valence-corrected chi connectivity index (χ4v) is 4.19. The molecule has 1 aliphatic rings. The van der Waals surface area contributed by atoms with Crippen molar-refractivity contribution < 1.29 is 27.5 Å². The number of carbonyl (C=O) groups is 2. The van der Waals surface area contributed by atoms with Crippen LogP contribution in [-0.4, -0.2) is 22.6 Å². The molecule has 0 bridgehead atoms. The van der Waals surface area contributed by atoms with Gasteiger partial charge in [-0.3, -0.25) is 9.59 Å². The molecule has 0 spiro atoms. The Morgan fingerprint density at radius 1 is 1.07 bits per heavy atom. The first kappa shape index (κ1) is 21.6. The minimum Gasteiger partial charge on any atom is -0.438 e. The molecular formula is C19H18ClF3O3S. The van der Waals surface area contributed by atoms with Crippen LogP contribution in [0.2, 0.25) is 0 Å². The van der Waals surface area contributed by atoms with Gasteiger partial charge in [0.2, 0.25) is 4.93 Å². The lowest BCUT2D eigenvalue weighted by Gasteiger charge is -2.39. The topological polar surface area (TPSA) is 43.4 Å². The Bertz CT molecular complexity index is 811. The van der Waals surface area contributed by atoms with Crippen LogP contribution in [0.25, 0.3) is 0 Å². The standard InChI is InChI=1S/C19H18ClF3O3S/c1-10-12(3)18(26-16(24)9-20,13(4)11(2)17(10)25)27-15-7-5-14(6-8-15)19(21,22)23/h5-8H,9H2,1-4H3. The molecule has 0 fully saturated rings. The van der Waals surface area contributed by atoms with Crippen molar-refractivity contribution in [1.29, 1.82) is 0 Å². The third-order valence-electron chi connectivity index (χ3n) is 4.60. The summed E-state index contributed by atoms with van der Waals surface area (Å²) in [6, 6.07) is 4.55. The van der Waals surface area contributed by atoms with Gasteiger partial charge in [-0.2, -0.15) is 13.2 Å². The van der Waals surface area contributed by atoms with Crippen LogP contribution in [-0.2, 0) is 20.5 Å². The number of Topliss-reactive ketones (excluding diaryl/α,β-unsaturated/α-hetero) is 1. The molecule has 0 radical (unpaired) electrons. The van der Waals surface area contributed by atoms with Crippen molar-refractivity contribution in [3.63, 3.8) is 0 Å². The lowest BCUT2D eigenvalue weighted by Crippen LogP contribution is -2.40. The van der Waals surface area contributed by atoms with Crippen LogP contribution in [0.1, 0.15) is 33.3 Å². The average molecular weight is 419 g/mol. The highest BCUT2D eigenvalue weighted by atomic mass is 35.5. The zero-order chi connectivity index (χ0) is 20.6. The predicted molar refractivity (Wildman–Crippen MR) is 98.6 cm³/mol. The molecule has 0 aromatic heterocycles. The van der Waals surface area contributed by atoms with Gasteiger partial charge in [0.25, 0.3) is 0 Å². The van der Waals surface area contributed by atoms with Crippen LogP contribution in [0.4, 0.5) is 13.2 Å². The second-order valence-electron chi connectivity index (χ2n) is 6.18. The van der Waals surface area contributed by atoms with Crippen molar-refractivity contribution in [2.24, 2.45) is 0 Å². The van der Waals surface area contributed by atoms with Crippen molar-refractivity contribution in [2.75, 3.05) is 5.88 Å². The van der Waals surface area contributed by atoms with E-state index >= 15 is 0 Å². The summed E-state index contributed by atoms with van der Waals surface area (Å²) < 4.78 is 44.0. The zero-order valence-electron chi connectivity index (χ0n) is 15.2. The number of ketones is 1. The van der Waals surface area contributed by atoms with Crippen LogP contribution in [0.3, 0.4) is 0 Å². The molecule has 0 amide bonds. The first-order chi connectivity index (χ1) is 12.4. The van der Waals surface area contributed by atoms with Crippen LogP contribution in [0, 0.1) is 0 Å². The Balaban J connectivity index is 2.55. The highest BCUT2D eigenvalue weighted by Gasteiger charge is 2.45. The monoisotopic (exact) mass is 418 g/mol. The molecule has 0 heterocycles. The van der Waals surface area contributed by atoms with E-state index < -0.39 is 22.6 Å². The largest absolute Gasteiger partial charge is 0.438 e. The number of benzene rings is 1. The molecule has 3 nitrogen and oxygen atoms in total. The van der Waals surface area contributed by atoms with Gasteiger partial charge in [-0.25, -0.2) is 0 Å². The van der Waals surface area contributed by atoms with Crippen molar-refractivity contribution in [3.8, 4) is 0 Å². The summed E-state index contributed by atoms with van der Waals surface area (Å²) >= 11 is 6.66. The molecule has 0 saturated carbocycles. The predicted octanol–water partition coefficient (Wildman–Crippen LogP) is 5.53. The lowest BCUT2D eigenvalue weighted by atomic mass is 9.85. The van der Waals surface area contributed by atoms with Crippen LogP contribution in [0.5, 0.6) is 0 Å². The maximum Gasteiger partial charge on any atom is 0.416 e. The van der Waals surface area contributed by atoms with Crippen molar-refractivity contribution in [1.82, 2.24) is 0 Å². The number of hydrogen-bond donors (Lipinski definition) is 0. The molecular weight excluding hydrogens is 401 g/mol. The van der Waals surface area contributed by atoms with Crippen molar-refractivity contribution in [2.45, 2.75) is 43.7 Å². The number of carbonyl (C=O) groups excluding carboxylic acids is 2. The maximum absolute atomic E-state index is 12.8. The van der Waals surface area contributed by atoms with E-state index in [1.165, 1.54) is 12.1 Å². The molecule has 146 valence electrons. The Morgan fingerprint density at radius 2 is 1.56 bits per heavy atom. The molecule has 1 aliphatic carbocycles. The summed E-state index contributed by atoms with van der Waals surface area (Å²) in [6.07, 6.45) is -4.44. The molecule has 27 heavy (non-hydrogen) atoms. The van der Waals surface area contributed by atoms with Crippen molar-refractivity contribution in [3.05, 3.63) is 52.1 Å². The van der Waals surface area contributed by atoms with Gasteiger partial charge >= 0.3 is 12.1 Å². The molecule has 0 aliphatic heterocycles. The van der Waals surface area contributed by atoms with Crippen LogP contribution >= 0.6 is 23.4 Å². The first-order valence-electron chi connectivity index (χ1n) is 7.98. The SMILES string of the molecule is CC1=C(C)C(OC(=O)CCl)(Sc2ccc(C(F)(F)F)cc2)C(C)=C(C)C1=O. The van der Waals surface area contributed by atoms with Gasteiger partial charge in [-0.15, -0.1) is 11.6 Å². The molecule has 0 unspecified atom stereocenters. The fraction of sp³-hybridized carbons (Fsp3) is 0.368. The van der Waals surface area contributed by atoms with E-state index in [4.69, 9.17) is 16.3 Å². The van der Waals surface area contributed by atoms with Crippen LogP contribution < -0.4 is 0 Å². The third-order valence-corrected chi connectivity index (χ3v) is 6.31. The van der Waals surface area contributed by atoms with Gasteiger partial charge in [0, 0.05) is 16.0 Å². The third kappa shape index (κ3) is 4.09. The summed E-state index contributed by atoms with van der Waals surface area (Å²) in [4.78, 5) is 23.5. The summed E-state index contributed by atoms with van der Waals surface area (Å²) in [5.74, 6) is -1.23. The summed E-state index contributed by atoms with van der Waals surface area (Å²) in [7, 11) is 0. The second-order valence-corrected chi connectivity index (χ2v) is 7.70. The molecule has 0 atom stereocenters. The van der Waals surface area contributed by atoms with Gasteiger partial charge in [0.15, 0.2) is 5.78 Å². The van der Waals surface area contributed by atoms with Crippen molar-refractivity contribution >= 4 is 35.1 Å². The summed E-state index contributed by atoms with van der Waals surface area (Å²) in [5.41, 5.74) is 1.11. The van der Waals surface area contributed by atoms with E-state index in [1.807, 2.05) is 0 Å². The highest BCUT2D eigenvalue weighted by molar-refractivity contribution is 8.01. The van der Waals surface area contributed by atoms with E-state index in [0.29, 0.717) is 27.2 Å². The number of ether oxygens (including phenoxy) is 1. The van der Waals surface area contributed by atoms with Gasteiger partial charge in [0.05, 0.1) is 5.56 Å². The Morgan fingerprint density at radius 3 is 1.96 bits per heavy atom. The van der Waals surface area contributed by atoms with Gasteiger partial charge in [-0.1, -0.05) is 11.8 Å². The molecule has 1 aromatic rings. The number of halogens is 4. The summed E-state index contributed by atoms with van der Waals surface area (Å²) in [5, 5.41) is 0. The quantitative estimate of drug-likeness (QED) is 0.366. The average Bonchev–Trinajstić information content (AvgIpc) is 2.62. The molecule has 1 aromatic carbocycles. The van der Waals surface area contributed by atoms with E-state index in [1.54, 1.807) is 27.7 Å². The number of rotatable bonds is 4. The molecule has 2 rings (SSSR count). The van der Waals surface area contributed by atoms with Gasteiger partial charge in [-0.05, 0) is 63.1 Å². The normalized spacial score (nSPS) is 17.4. The number of alkyl halides is 4. The highest BCUT2D eigenvalue weighted by Crippen LogP contribution is 2.50. The van der Waals surface area contributed by atoms with Gasteiger partial charge in [0.1, 0.15) is 5.88 Å². The number of hydrogen-bond acceptors (Lipinski definition) is 4. The fourth-order valence-electron chi connectivity index (χ4n) is 2.79. The molecule has 8 heteroatoms. The summed E-state index contributed by atoms with van der Waals surface area (Å²) in [6.45, 7) is 6.60. The minimum atomic E-state index is -4.44. The van der Waals surface area contributed by atoms with E-state index in [0.717, 1.165) is 23.9 Å². The lowest BCUT2D eigenvalue weighted by molar-refractivity contribution is -0.145. The van der Waals surface area contributed by atoms with Crippen LogP contribution in [0.15, 0.2) is 51.5 Å². The zero-order valence-corrected chi connectivity index (χ0v) is 16.7. The number of allylic oxidation sites excluding steroid dienone is 2. The van der Waals surface area contributed by atoms with E-state index in [-0.39, 0.29) is 11.7 Å².